The van der Waals surface area contributed by atoms with Crippen molar-refractivity contribution in [2.45, 2.75) is 26.4 Å². The second-order valence-electron chi connectivity index (χ2n) is 3.66. The van der Waals surface area contributed by atoms with E-state index in [2.05, 4.69) is 27.0 Å². The number of anilines is 1. The van der Waals surface area contributed by atoms with Crippen LogP contribution in [-0.4, -0.2) is 14.8 Å². The Balaban J connectivity index is 1.97. The molecule has 0 fully saturated rings. The minimum Gasteiger partial charge on any atom is -0.378 e. The van der Waals surface area contributed by atoms with Crippen molar-refractivity contribution in [3.8, 4) is 0 Å². The van der Waals surface area contributed by atoms with E-state index in [9.17, 15) is 0 Å². The second-order valence-corrected chi connectivity index (χ2v) is 3.66. The first-order valence-electron chi connectivity index (χ1n) is 5.55. The van der Waals surface area contributed by atoms with Crippen molar-refractivity contribution >= 4 is 5.69 Å². The molecule has 0 unspecified atom stereocenters. The molecular formula is C12H16N4. The van der Waals surface area contributed by atoms with E-state index in [1.165, 1.54) is 0 Å². The third-order valence-corrected chi connectivity index (χ3v) is 2.38. The number of hydrogen-bond acceptors (Lipinski definition) is 3. The van der Waals surface area contributed by atoms with Gasteiger partial charge in [0.15, 0.2) is 5.82 Å². The molecule has 2 aromatic rings. The normalized spacial score (nSPS) is 10.3. The molecule has 0 saturated carbocycles. The summed E-state index contributed by atoms with van der Waals surface area (Å²) in [5, 5.41) is 11.3. The van der Waals surface area contributed by atoms with Gasteiger partial charge in [-0.25, -0.2) is 0 Å². The number of hydrogen-bond donors (Lipinski definition) is 1. The summed E-state index contributed by atoms with van der Waals surface area (Å²) in [5.74, 6) is 0.978. The summed E-state index contributed by atoms with van der Waals surface area (Å²) in [6, 6.07) is 10.1. The fourth-order valence-corrected chi connectivity index (χ4v) is 1.58. The maximum absolute atomic E-state index is 4.10. The van der Waals surface area contributed by atoms with E-state index in [4.69, 9.17) is 0 Å². The molecule has 0 aliphatic heterocycles. The molecule has 1 aromatic carbocycles. The largest absolute Gasteiger partial charge is 0.378 e. The number of aryl methyl sites for hydroxylation is 1. The molecule has 0 radical (unpaired) electrons. The zero-order valence-electron chi connectivity index (χ0n) is 9.43. The van der Waals surface area contributed by atoms with Crippen molar-refractivity contribution < 1.29 is 0 Å². The Morgan fingerprint density at radius 1 is 1.25 bits per heavy atom. The van der Waals surface area contributed by atoms with Gasteiger partial charge in [-0.2, -0.15) is 0 Å². The van der Waals surface area contributed by atoms with E-state index in [-0.39, 0.29) is 0 Å². The maximum atomic E-state index is 4.10. The highest BCUT2D eigenvalue weighted by molar-refractivity contribution is 5.42. The van der Waals surface area contributed by atoms with Gasteiger partial charge in [-0.15, -0.1) is 10.2 Å². The van der Waals surface area contributed by atoms with Crippen molar-refractivity contribution in [2.75, 3.05) is 5.32 Å². The topological polar surface area (TPSA) is 42.7 Å². The third-order valence-electron chi connectivity index (χ3n) is 2.38. The smallest absolute Gasteiger partial charge is 0.152 e. The van der Waals surface area contributed by atoms with Crippen LogP contribution in [0.2, 0.25) is 0 Å². The lowest BCUT2D eigenvalue weighted by Gasteiger charge is -2.07. The molecule has 84 valence electrons. The first-order valence-corrected chi connectivity index (χ1v) is 5.55. The van der Waals surface area contributed by atoms with Gasteiger partial charge in [0.25, 0.3) is 0 Å². The van der Waals surface area contributed by atoms with E-state index in [1.807, 2.05) is 30.3 Å². The number of benzene rings is 1. The van der Waals surface area contributed by atoms with Crippen LogP contribution in [0.3, 0.4) is 0 Å². The lowest BCUT2D eigenvalue weighted by molar-refractivity contribution is 0.644. The van der Waals surface area contributed by atoms with Gasteiger partial charge < -0.3 is 9.88 Å². The van der Waals surface area contributed by atoms with Gasteiger partial charge in [-0.05, 0) is 18.6 Å². The second kappa shape index (κ2) is 5.30. The molecule has 1 heterocycles. The van der Waals surface area contributed by atoms with E-state index in [1.54, 1.807) is 6.33 Å². The van der Waals surface area contributed by atoms with Crippen LogP contribution in [0.4, 0.5) is 5.69 Å². The van der Waals surface area contributed by atoms with Crippen molar-refractivity contribution in [1.82, 2.24) is 14.8 Å². The number of para-hydroxylation sites is 1. The molecule has 1 N–H and O–H groups in total. The molecule has 2 rings (SSSR count). The summed E-state index contributed by atoms with van der Waals surface area (Å²) in [6.45, 7) is 3.83. The summed E-state index contributed by atoms with van der Waals surface area (Å²) in [4.78, 5) is 0. The molecule has 0 spiro atoms. The Bertz CT molecular complexity index is 422. The summed E-state index contributed by atoms with van der Waals surface area (Å²) >= 11 is 0. The highest BCUT2D eigenvalue weighted by atomic mass is 15.3. The predicted molar refractivity (Wildman–Crippen MR) is 64.1 cm³/mol. The fourth-order valence-electron chi connectivity index (χ4n) is 1.58. The van der Waals surface area contributed by atoms with Gasteiger partial charge >= 0.3 is 0 Å². The number of nitrogens with zero attached hydrogens (tertiary/aromatic N) is 3. The van der Waals surface area contributed by atoms with Crippen molar-refractivity contribution in [3.63, 3.8) is 0 Å². The Morgan fingerprint density at radius 2 is 2.06 bits per heavy atom. The Hall–Kier alpha value is -1.84. The van der Waals surface area contributed by atoms with Crippen LogP contribution in [0.1, 0.15) is 19.2 Å². The average molecular weight is 216 g/mol. The highest BCUT2D eigenvalue weighted by Crippen LogP contribution is 2.07. The van der Waals surface area contributed by atoms with Crippen LogP contribution < -0.4 is 5.32 Å². The summed E-state index contributed by atoms with van der Waals surface area (Å²) in [5.41, 5.74) is 1.11. The monoisotopic (exact) mass is 216 g/mol. The predicted octanol–water partition coefficient (Wildman–Crippen LogP) is 2.30. The van der Waals surface area contributed by atoms with Crippen molar-refractivity contribution in [1.29, 1.82) is 0 Å². The molecule has 0 aliphatic rings. The van der Waals surface area contributed by atoms with E-state index in [0.29, 0.717) is 6.54 Å². The maximum Gasteiger partial charge on any atom is 0.152 e. The lowest BCUT2D eigenvalue weighted by atomic mass is 10.3. The highest BCUT2D eigenvalue weighted by Gasteiger charge is 2.02. The number of nitrogens with one attached hydrogen (secondary N) is 1. The first kappa shape index (κ1) is 10.7. The molecule has 0 saturated heterocycles. The molecule has 0 atom stereocenters. The van der Waals surface area contributed by atoms with Gasteiger partial charge in [0.2, 0.25) is 0 Å². The molecule has 0 bridgehead atoms. The Kier molecular flexibility index (Phi) is 3.53. The quantitative estimate of drug-likeness (QED) is 0.834. The van der Waals surface area contributed by atoms with Gasteiger partial charge in [0, 0.05) is 12.2 Å². The zero-order valence-corrected chi connectivity index (χ0v) is 9.43. The summed E-state index contributed by atoms with van der Waals surface area (Å²) in [7, 11) is 0. The number of rotatable bonds is 5. The van der Waals surface area contributed by atoms with Gasteiger partial charge in [-0.3, -0.25) is 0 Å². The van der Waals surface area contributed by atoms with Crippen LogP contribution in [0.25, 0.3) is 0 Å². The number of aromatic nitrogens is 3. The van der Waals surface area contributed by atoms with Gasteiger partial charge in [0.05, 0.1) is 6.54 Å². The lowest BCUT2D eigenvalue weighted by Crippen LogP contribution is -2.08. The third kappa shape index (κ3) is 2.59. The van der Waals surface area contributed by atoms with E-state index >= 15 is 0 Å². The fraction of sp³-hybridized carbons (Fsp3) is 0.333. The molecule has 16 heavy (non-hydrogen) atoms. The van der Waals surface area contributed by atoms with E-state index < -0.39 is 0 Å². The van der Waals surface area contributed by atoms with Crippen molar-refractivity contribution in [3.05, 3.63) is 42.5 Å². The molecular weight excluding hydrogens is 200 g/mol. The summed E-state index contributed by atoms with van der Waals surface area (Å²) in [6.07, 6.45) is 2.88. The Labute approximate surface area is 95.3 Å². The van der Waals surface area contributed by atoms with Crippen molar-refractivity contribution in [2.24, 2.45) is 0 Å². The molecule has 4 nitrogen and oxygen atoms in total. The SMILES string of the molecule is CCCn1cnnc1CNc1ccccc1. The minimum atomic E-state index is 0.712. The van der Waals surface area contributed by atoms with E-state index in [0.717, 1.165) is 24.5 Å². The summed E-state index contributed by atoms with van der Waals surface area (Å²) < 4.78 is 2.08. The Morgan fingerprint density at radius 3 is 2.81 bits per heavy atom. The first-order chi connectivity index (χ1) is 7.90. The van der Waals surface area contributed by atoms with Gasteiger partial charge in [0.1, 0.15) is 6.33 Å². The molecule has 1 aromatic heterocycles. The van der Waals surface area contributed by atoms with Crippen LogP contribution in [0.15, 0.2) is 36.7 Å². The zero-order chi connectivity index (χ0) is 11.2. The molecule has 4 heteroatoms. The minimum absolute atomic E-state index is 0.712. The van der Waals surface area contributed by atoms with Crippen LogP contribution in [0.5, 0.6) is 0 Å². The van der Waals surface area contributed by atoms with Crippen LogP contribution in [0, 0.1) is 0 Å². The average Bonchev–Trinajstić information content (AvgIpc) is 2.76. The molecule has 0 aliphatic carbocycles. The standard InChI is InChI=1S/C12H16N4/c1-2-8-16-10-14-15-12(16)9-13-11-6-4-3-5-7-11/h3-7,10,13H,2,8-9H2,1H3. The van der Waals surface area contributed by atoms with Crippen LogP contribution in [-0.2, 0) is 13.1 Å². The van der Waals surface area contributed by atoms with Gasteiger partial charge in [-0.1, -0.05) is 25.1 Å². The molecule has 0 amide bonds. The van der Waals surface area contributed by atoms with Crippen LogP contribution >= 0.6 is 0 Å².